The molecule has 0 aliphatic heterocycles. The Balaban J connectivity index is 2.03. The van der Waals surface area contributed by atoms with Gasteiger partial charge in [-0.1, -0.05) is 36.4 Å². The zero-order valence-electron chi connectivity index (χ0n) is 11.1. The lowest BCUT2D eigenvalue weighted by Crippen LogP contribution is -2.23. The Labute approximate surface area is 111 Å². The number of rotatable bonds is 2. The minimum atomic E-state index is 0.422. The summed E-state index contributed by atoms with van der Waals surface area (Å²) in [5.74, 6) is 0.862. The maximum absolute atomic E-state index is 7.99. The second-order valence-electron chi connectivity index (χ2n) is 4.76. The maximum atomic E-state index is 7.99. The molecule has 0 aliphatic rings. The van der Waals surface area contributed by atoms with Crippen LogP contribution in [0, 0.1) is 12.3 Å². The summed E-state index contributed by atoms with van der Waals surface area (Å²) in [6.45, 7) is 2.61. The van der Waals surface area contributed by atoms with Crippen molar-refractivity contribution in [1.82, 2.24) is 14.3 Å². The molecule has 0 bridgehead atoms. The number of fused-ring (bicyclic) bond motifs is 1. The topological polar surface area (TPSA) is 46.6 Å². The number of nitrogens with one attached hydrogen (secondary N) is 1. The predicted molar refractivity (Wildman–Crippen MR) is 74.8 cm³/mol. The lowest BCUT2D eigenvalue weighted by atomic mass is 10.1. The summed E-state index contributed by atoms with van der Waals surface area (Å²) in [6.07, 6.45) is 0. The van der Waals surface area contributed by atoms with Crippen LogP contribution in [0.3, 0.4) is 0 Å². The van der Waals surface area contributed by atoms with Gasteiger partial charge in [0.25, 0.3) is 0 Å². The molecule has 1 N–H and O–H groups in total. The maximum Gasteiger partial charge on any atom is 0.220 e. The molecule has 0 spiro atoms. The van der Waals surface area contributed by atoms with Crippen LogP contribution in [0.4, 0.5) is 0 Å². The van der Waals surface area contributed by atoms with Crippen molar-refractivity contribution in [3.05, 3.63) is 59.5 Å². The minimum Gasteiger partial charge on any atom is -0.293 e. The van der Waals surface area contributed by atoms with Gasteiger partial charge in [-0.15, -0.1) is 0 Å². The van der Waals surface area contributed by atoms with Crippen LogP contribution >= 0.6 is 0 Å². The van der Waals surface area contributed by atoms with Gasteiger partial charge in [0, 0.05) is 7.05 Å². The Morgan fingerprint density at radius 2 is 1.84 bits per heavy atom. The van der Waals surface area contributed by atoms with Crippen LogP contribution in [0.1, 0.15) is 11.4 Å². The van der Waals surface area contributed by atoms with Crippen LogP contribution in [0.15, 0.2) is 42.5 Å². The van der Waals surface area contributed by atoms with E-state index in [2.05, 4.69) is 35.4 Å². The Bertz CT molecular complexity index is 795. The van der Waals surface area contributed by atoms with Crippen molar-refractivity contribution in [2.24, 2.45) is 7.05 Å². The minimum absolute atomic E-state index is 0.422. The molecule has 0 aliphatic carbocycles. The fourth-order valence-electron chi connectivity index (χ4n) is 2.36. The van der Waals surface area contributed by atoms with E-state index in [9.17, 15) is 0 Å². The van der Waals surface area contributed by atoms with E-state index in [1.807, 2.05) is 23.6 Å². The van der Waals surface area contributed by atoms with Crippen molar-refractivity contribution in [3.8, 4) is 0 Å². The van der Waals surface area contributed by atoms with Gasteiger partial charge in [-0.3, -0.25) is 9.98 Å². The molecule has 1 aromatic heterocycles. The molecular formula is C15H16N4. The van der Waals surface area contributed by atoms with Crippen LogP contribution in [-0.4, -0.2) is 14.3 Å². The summed E-state index contributed by atoms with van der Waals surface area (Å²) in [5.41, 5.74) is 1.61. The van der Waals surface area contributed by atoms with Gasteiger partial charge in [-0.2, -0.15) is 5.10 Å². The molecule has 3 aromatic rings. The van der Waals surface area contributed by atoms with Gasteiger partial charge >= 0.3 is 0 Å². The Kier molecular flexibility index (Phi) is 2.71. The van der Waals surface area contributed by atoms with E-state index in [1.165, 1.54) is 16.3 Å². The third-order valence-electron chi connectivity index (χ3n) is 3.40. The van der Waals surface area contributed by atoms with Crippen LogP contribution in [0.25, 0.3) is 10.8 Å². The molecule has 19 heavy (non-hydrogen) atoms. The van der Waals surface area contributed by atoms with Crippen molar-refractivity contribution in [1.29, 1.82) is 5.41 Å². The van der Waals surface area contributed by atoms with Gasteiger partial charge in [-0.05, 0) is 29.3 Å². The van der Waals surface area contributed by atoms with Gasteiger partial charge in [0.15, 0.2) is 0 Å². The van der Waals surface area contributed by atoms with Gasteiger partial charge in [0.05, 0.1) is 6.54 Å². The van der Waals surface area contributed by atoms with Crippen LogP contribution in [-0.2, 0) is 13.6 Å². The summed E-state index contributed by atoms with van der Waals surface area (Å²) in [5, 5.41) is 14.7. The summed E-state index contributed by atoms with van der Waals surface area (Å²) in [7, 11) is 1.80. The first-order valence-corrected chi connectivity index (χ1v) is 6.28. The summed E-state index contributed by atoms with van der Waals surface area (Å²) < 4.78 is 3.50. The van der Waals surface area contributed by atoms with E-state index in [1.54, 1.807) is 11.7 Å². The SMILES string of the molecule is Cc1nn(C)c(=N)n1Cc1ccc2ccccc2c1. The first-order valence-electron chi connectivity index (χ1n) is 6.28. The molecule has 4 heteroatoms. The van der Waals surface area contributed by atoms with Crippen molar-refractivity contribution >= 4 is 10.8 Å². The summed E-state index contributed by atoms with van der Waals surface area (Å²) >= 11 is 0. The average Bonchev–Trinajstić information content (AvgIpc) is 2.65. The quantitative estimate of drug-likeness (QED) is 0.746. The summed E-state index contributed by atoms with van der Waals surface area (Å²) in [4.78, 5) is 0. The lowest BCUT2D eigenvalue weighted by molar-refractivity contribution is 0.652. The highest BCUT2D eigenvalue weighted by molar-refractivity contribution is 5.82. The number of benzene rings is 2. The zero-order valence-corrected chi connectivity index (χ0v) is 11.1. The second kappa shape index (κ2) is 4.39. The number of aromatic nitrogens is 3. The predicted octanol–water partition coefficient (Wildman–Crippen LogP) is 2.21. The molecule has 0 atom stereocenters. The highest BCUT2D eigenvalue weighted by Gasteiger charge is 2.05. The van der Waals surface area contributed by atoms with E-state index in [0.29, 0.717) is 12.2 Å². The standard InChI is InChI=1S/C15H16N4/c1-11-17-18(2)15(16)19(11)10-12-7-8-13-5-3-4-6-14(13)9-12/h3-9,16H,10H2,1-2H3. The molecule has 0 radical (unpaired) electrons. The number of aryl methyl sites for hydroxylation is 2. The normalized spacial score (nSPS) is 11.1. The first kappa shape index (κ1) is 11.7. The van der Waals surface area contributed by atoms with Crippen molar-refractivity contribution in [3.63, 3.8) is 0 Å². The molecule has 0 amide bonds. The largest absolute Gasteiger partial charge is 0.293 e. The van der Waals surface area contributed by atoms with Crippen LogP contribution in [0.2, 0.25) is 0 Å². The van der Waals surface area contributed by atoms with E-state index in [-0.39, 0.29) is 0 Å². The van der Waals surface area contributed by atoms with Crippen LogP contribution in [0.5, 0.6) is 0 Å². The zero-order chi connectivity index (χ0) is 13.4. The van der Waals surface area contributed by atoms with E-state index in [0.717, 1.165) is 5.82 Å². The molecule has 0 saturated carbocycles. The molecule has 0 fully saturated rings. The van der Waals surface area contributed by atoms with E-state index < -0.39 is 0 Å². The number of hydrogen-bond acceptors (Lipinski definition) is 2. The van der Waals surface area contributed by atoms with Gasteiger partial charge < -0.3 is 0 Å². The smallest absolute Gasteiger partial charge is 0.220 e. The highest BCUT2D eigenvalue weighted by atomic mass is 15.4. The first-order chi connectivity index (χ1) is 9.15. The van der Waals surface area contributed by atoms with Gasteiger partial charge in [0.1, 0.15) is 5.82 Å². The highest BCUT2D eigenvalue weighted by Crippen LogP contribution is 2.16. The van der Waals surface area contributed by atoms with Crippen LogP contribution < -0.4 is 5.62 Å². The fraction of sp³-hybridized carbons (Fsp3) is 0.200. The molecular weight excluding hydrogens is 236 g/mol. The van der Waals surface area contributed by atoms with Gasteiger partial charge in [0.2, 0.25) is 5.62 Å². The third kappa shape index (κ3) is 2.05. The molecule has 0 unspecified atom stereocenters. The molecule has 1 heterocycles. The van der Waals surface area contributed by atoms with Crippen molar-refractivity contribution in [2.75, 3.05) is 0 Å². The van der Waals surface area contributed by atoms with E-state index >= 15 is 0 Å². The monoisotopic (exact) mass is 252 g/mol. The average molecular weight is 252 g/mol. The van der Waals surface area contributed by atoms with Crippen molar-refractivity contribution in [2.45, 2.75) is 13.5 Å². The van der Waals surface area contributed by atoms with E-state index in [4.69, 9.17) is 5.41 Å². The number of hydrogen-bond donors (Lipinski definition) is 1. The Morgan fingerprint density at radius 3 is 2.53 bits per heavy atom. The summed E-state index contributed by atoms with van der Waals surface area (Å²) in [6, 6.07) is 14.7. The Morgan fingerprint density at radius 1 is 1.11 bits per heavy atom. The number of nitrogens with zero attached hydrogens (tertiary/aromatic N) is 3. The second-order valence-corrected chi connectivity index (χ2v) is 4.76. The lowest BCUT2D eigenvalue weighted by Gasteiger charge is -2.06. The third-order valence-corrected chi connectivity index (χ3v) is 3.40. The molecule has 2 aromatic carbocycles. The van der Waals surface area contributed by atoms with Crippen molar-refractivity contribution < 1.29 is 0 Å². The van der Waals surface area contributed by atoms with Gasteiger partial charge in [-0.25, -0.2) is 4.68 Å². The Hall–Kier alpha value is -2.36. The molecule has 3 rings (SSSR count). The molecule has 0 saturated heterocycles. The molecule has 96 valence electrons. The molecule has 4 nitrogen and oxygen atoms in total. The fourth-order valence-corrected chi connectivity index (χ4v) is 2.36.